The molecule has 7 aromatic rings. The van der Waals surface area contributed by atoms with Crippen molar-refractivity contribution in [1.29, 1.82) is 0 Å². The van der Waals surface area contributed by atoms with E-state index in [2.05, 4.69) is 174 Å². The first kappa shape index (κ1) is 27.3. The first-order valence-electron chi connectivity index (χ1n) is 17.1. The van der Waals surface area contributed by atoms with Crippen molar-refractivity contribution in [2.45, 2.75) is 12.8 Å². The molecule has 0 amide bonds. The number of anilines is 5. The summed E-state index contributed by atoms with van der Waals surface area (Å²) in [5, 5.41) is 0. The summed E-state index contributed by atoms with van der Waals surface area (Å²) in [7, 11) is 0. The second kappa shape index (κ2) is 10.9. The van der Waals surface area contributed by atoms with Gasteiger partial charge < -0.3 is 9.80 Å². The van der Waals surface area contributed by atoms with Crippen molar-refractivity contribution in [2.75, 3.05) is 16.3 Å². The third-order valence-corrected chi connectivity index (χ3v) is 10.6. The Balaban J connectivity index is 1.30. The van der Waals surface area contributed by atoms with Gasteiger partial charge in [0.15, 0.2) is 0 Å². The van der Waals surface area contributed by atoms with Crippen LogP contribution < -0.4 is 26.2 Å². The molecule has 3 aliphatic rings. The third-order valence-electron chi connectivity index (χ3n) is 10.6. The van der Waals surface area contributed by atoms with Crippen molar-refractivity contribution in [1.82, 2.24) is 0 Å². The Labute approximate surface area is 282 Å². The van der Waals surface area contributed by atoms with Crippen LogP contribution in [0, 0.1) is 0 Å². The van der Waals surface area contributed by atoms with Gasteiger partial charge in [-0.15, -0.1) is 0 Å². The van der Waals surface area contributed by atoms with Crippen LogP contribution in [0.15, 0.2) is 164 Å². The number of rotatable bonds is 4. The zero-order valence-electron chi connectivity index (χ0n) is 26.7. The average Bonchev–Trinajstić information content (AvgIpc) is 3.17. The molecule has 0 aromatic heterocycles. The SMILES string of the molecule is c1ccc(-c2ccc3c(c2)N(c2ccccc2)c2cc(-c4ccccc4)cc4c2B3c2ccc(-c3ccccc3)c3c2N4CCC3)cc1. The molecule has 10 rings (SSSR count). The third kappa shape index (κ3) is 4.14. The van der Waals surface area contributed by atoms with Crippen LogP contribution in [-0.2, 0) is 6.42 Å². The molecule has 0 fully saturated rings. The number of nitrogens with zero attached hydrogens (tertiary/aromatic N) is 2. The lowest BCUT2D eigenvalue weighted by Crippen LogP contribution is -2.62. The van der Waals surface area contributed by atoms with Crippen LogP contribution in [0.25, 0.3) is 33.4 Å². The van der Waals surface area contributed by atoms with E-state index in [-0.39, 0.29) is 6.71 Å². The van der Waals surface area contributed by atoms with Gasteiger partial charge in [0, 0.05) is 35.0 Å². The molecule has 0 spiro atoms. The van der Waals surface area contributed by atoms with E-state index < -0.39 is 0 Å². The Bertz CT molecular complexity index is 2320. The predicted octanol–water partition coefficient (Wildman–Crippen LogP) is 9.38. The molecule has 0 unspecified atom stereocenters. The fraction of sp³-hybridized carbons (Fsp3) is 0.0667. The number of para-hydroxylation sites is 1. The van der Waals surface area contributed by atoms with Gasteiger partial charge in [0.1, 0.15) is 0 Å². The molecular formula is C45H33BN2. The lowest BCUT2D eigenvalue weighted by atomic mass is 9.33. The largest absolute Gasteiger partial charge is 0.342 e. The minimum absolute atomic E-state index is 0.132. The first-order valence-corrected chi connectivity index (χ1v) is 17.1. The Morgan fingerprint density at radius 2 is 1.04 bits per heavy atom. The van der Waals surface area contributed by atoms with Gasteiger partial charge in [0.2, 0.25) is 0 Å². The van der Waals surface area contributed by atoms with Crippen molar-refractivity contribution in [2.24, 2.45) is 0 Å². The van der Waals surface area contributed by atoms with Gasteiger partial charge in [-0.2, -0.15) is 0 Å². The van der Waals surface area contributed by atoms with Crippen molar-refractivity contribution in [3.05, 3.63) is 169 Å². The van der Waals surface area contributed by atoms with Crippen molar-refractivity contribution in [3.63, 3.8) is 0 Å². The van der Waals surface area contributed by atoms with Crippen LogP contribution in [0.3, 0.4) is 0 Å². The lowest BCUT2D eigenvalue weighted by molar-refractivity contribution is 0.770. The summed E-state index contributed by atoms with van der Waals surface area (Å²) in [6.45, 7) is 1.15. The topological polar surface area (TPSA) is 6.48 Å². The molecule has 3 aliphatic heterocycles. The van der Waals surface area contributed by atoms with Crippen molar-refractivity contribution in [3.8, 4) is 33.4 Å². The molecule has 0 saturated heterocycles. The highest BCUT2D eigenvalue weighted by Gasteiger charge is 2.45. The fourth-order valence-electron chi connectivity index (χ4n) is 8.49. The van der Waals surface area contributed by atoms with E-state index in [9.17, 15) is 0 Å². The highest BCUT2D eigenvalue weighted by molar-refractivity contribution is 7.00. The summed E-state index contributed by atoms with van der Waals surface area (Å²) < 4.78 is 0. The van der Waals surface area contributed by atoms with Gasteiger partial charge in [-0.05, 0) is 98.5 Å². The molecule has 0 atom stereocenters. The Morgan fingerprint density at radius 1 is 0.458 bits per heavy atom. The molecule has 3 heterocycles. The summed E-state index contributed by atoms with van der Waals surface area (Å²) in [6.07, 6.45) is 2.22. The van der Waals surface area contributed by atoms with E-state index >= 15 is 0 Å². The highest BCUT2D eigenvalue weighted by Crippen LogP contribution is 2.47. The zero-order chi connectivity index (χ0) is 31.6. The molecule has 0 radical (unpaired) electrons. The fourth-order valence-corrected chi connectivity index (χ4v) is 8.49. The van der Waals surface area contributed by atoms with E-state index in [1.165, 1.54) is 83.8 Å². The van der Waals surface area contributed by atoms with E-state index in [4.69, 9.17) is 0 Å². The number of benzene rings is 7. The summed E-state index contributed by atoms with van der Waals surface area (Å²) in [6, 6.07) is 60.5. The molecule has 0 N–H and O–H groups in total. The van der Waals surface area contributed by atoms with E-state index in [0.29, 0.717) is 0 Å². The minimum Gasteiger partial charge on any atom is -0.342 e. The average molecular weight is 613 g/mol. The smallest absolute Gasteiger partial charge is 0.252 e. The van der Waals surface area contributed by atoms with Gasteiger partial charge in [-0.25, -0.2) is 0 Å². The van der Waals surface area contributed by atoms with Crippen LogP contribution in [-0.4, -0.2) is 13.3 Å². The summed E-state index contributed by atoms with van der Waals surface area (Å²) in [5.74, 6) is 0. The molecule has 48 heavy (non-hydrogen) atoms. The second-order valence-corrected chi connectivity index (χ2v) is 13.2. The molecule has 0 bridgehead atoms. The highest BCUT2D eigenvalue weighted by atomic mass is 15.2. The van der Waals surface area contributed by atoms with Gasteiger partial charge >= 0.3 is 0 Å². The summed E-state index contributed by atoms with van der Waals surface area (Å²) in [4.78, 5) is 5.19. The predicted molar refractivity (Wildman–Crippen MR) is 204 cm³/mol. The maximum atomic E-state index is 2.66. The quantitative estimate of drug-likeness (QED) is 0.183. The van der Waals surface area contributed by atoms with Crippen LogP contribution >= 0.6 is 0 Å². The molecule has 0 saturated carbocycles. The van der Waals surface area contributed by atoms with Crippen LogP contribution in [0.5, 0.6) is 0 Å². The Hall–Kier alpha value is -5.80. The number of hydrogen-bond acceptors (Lipinski definition) is 2. The lowest BCUT2D eigenvalue weighted by Gasteiger charge is -2.46. The molecule has 2 nitrogen and oxygen atoms in total. The maximum absolute atomic E-state index is 2.66. The molecule has 3 heteroatoms. The molecule has 226 valence electrons. The van der Waals surface area contributed by atoms with E-state index in [1.54, 1.807) is 0 Å². The van der Waals surface area contributed by atoms with Gasteiger partial charge in [-0.3, -0.25) is 0 Å². The standard InChI is InChI=1S/C45H33BN2/c1-5-14-31(15-6-1)34-23-25-39-41(28-34)48(36-20-11-4-12-21-36)43-30-35(32-16-7-2-8-17-32)29-42-44(43)46(39)40-26-24-37(33-18-9-3-10-19-33)38-22-13-27-47(42)45(38)40/h1-12,14-21,23-26,28-30H,13,22,27H2. The molecule has 7 aromatic carbocycles. The first-order chi connectivity index (χ1) is 23.8. The van der Waals surface area contributed by atoms with Gasteiger partial charge in [-0.1, -0.05) is 133 Å². The van der Waals surface area contributed by atoms with Crippen LogP contribution in [0.4, 0.5) is 28.4 Å². The molecular weight excluding hydrogens is 579 g/mol. The van der Waals surface area contributed by atoms with Gasteiger partial charge in [0.25, 0.3) is 6.71 Å². The number of fused-ring (bicyclic) bond motifs is 4. The summed E-state index contributed by atoms with van der Waals surface area (Å²) >= 11 is 0. The summed E-state index contributed by atoms with van der Waals surface area (Å²) in [5.41, 5.74) is 19.8. The monoisotopic (exact) mass is 612 g/mol. The zero-order valence-corrected chi connectivity index (χ0v) is 26.7. The second-order valence-electron chi connectivity index (χ2n) is 13.2. The van der Waals surface area contributed by atoms with Crippen molar-refractivity contribution < 1.29 is 0 Å². The maximum Gasteiger partial charge on any atom is 0.252 e. The normalized spacial score (nSPS) is 13.9. The van der Waals surface area contributed by atoms with E-state index in [1.807, 2.05) is 0 Å². The van der Waals surface area contributed by atoms with Crippen LogP contribution in [0.2, 0.25) is 0 Å². The minimum atomic E-state index is 0.132. The van der Waals surface area contributed by atoms with Gasteiger partial charge in [0.05, 0.1) is 0 Å². The van der Waals surface area contributed by atoms with Crippen molar-refractivity contribution >= 4 is 51.5 Å². The van der Waals surface area contributed by atoms with E-state index in [0.717, 1.165) is 19.4 Å². The Kier molecular flexibility index (Phi) is 6.20. The van der Waals surface area contributed by atoms with Crippen LogP contribution in [0.1, 0.15) is 12.0 Å². The Morgan fingerprint density at radius 3 is 1.75 bits per heavy atom. The molecule has 0 aliphatic carbocycles. The number of hydrogen-bond donors (Lipinski definition) is 0.